The summed E-state index contributed by atoms with van der Waals surface area (Å²) in [6.07, 6.45) is 5.14. The van der Waals surface area contributed by atoms with Crippen molar-refractivity contribution in [2.24, 2.45) is 0 Å². The molecule has 0 spiro atoms. The van der Waals surface area contributed by atoms with Gasteiger partial charge >= 0.3 is 0 Å². The first-order valence-corrected chi connectivity index (χ1v) is 8.43. The van der Waals surface area contributed by atoms with Crippen LogP contribution in [0.5, 0.6) is 34.5 Å². The van der Waals surface area contributed by atoms with E-state index in [1.807, 2.05) is 0 Å². The minimum atomic E-state index is -0.321. The average Bonchev–Trinajstić information content (AvgIpc) is 3.12. The highest BCUT2D eigenvalue weighted by atomic mass is 32.1. The number of phenols is 3. The van der Waals surface area contributed by atoms with Crippen molar-refractivity contribution in [1.29, 1.82) is 0 Å². The number of benzene rings is 2. The van der Waals surface area contributed by atoms with Crippen molar-refractivity contribution < 1.29 is 29.5 Å². The van der Waals surface area contributed by atoms with E-state index in [0.717, 1.165) is 0 Å². The van der Waals surface area contributed by atoms with Gasteiger partial charge in [-0.05, 0) is 47.2 Å². The van der Waals surface area contributed by atoms with E-state index >= 15 is 0 Å². The van der Waals surface area contributed by atoms with Crippen LogP contribution >= 0.6 is 12.6 Å². The van der Waals surface area contributed by atoms with Crippen LogP contribution in [0.25, 0.3) is 11.6 Å². The quantitative estimate of drug-likeness (QED) is 0.369. The largest absolute Gasteiger partial charge is 0.504 e. The molecule has 2 aromatic carbocycles. The van der Waals surface area contributed by atoms with Crippen LogP contribution in [0.15, 0.2) is 36.9 Å². The Hall–Kier alpha value is -2.93. The third-order valence-corrected chi connectivity index (χ3v) is 3.60. The molecule has 6 nitrogen and oxygen atoms in total. The van der Waals surface area contributed by atoms with Crippen molar-refractivity contribution in [3.8, 4) is 34.5 Å². The zero-order chi connectivity index (χ0) is 19.3. The summed E-state index contributed by atoms with van der Waals surface area (Å²) in [5, 5.41) is 29.3. The summed E-state index contributed by atoms with van der Waals surface area (Å²) >= 11 is 3.53. The molecule has 0 unspecified atom stereocenters. The normalized spacial score (nSPS) is 11.8. The Morgan fingerprint density at radius 1 is 1.12 bits per heavy atom. The number of aromatic hydroxyl groups is 3. The highest BCUT2D eigenvalue weighted by Crippen LogP contribution is 2.42. The van der Waals surface area contributed by atoms with Crippen molar-refractivity contribution in [2.45, 2.75) is 0 Å². The van der Waals surface area contributed by atoms with Gasteiger partial charge in [0.15, 0.2) is 23.0 Å². The molecule has 1 heterocycles. The number of methoxy groups -OCH3 is 1. The number of hydrogen-bond acceptors (Lipinski definition) is 7. The lowest BCUT2D eigenvalue weighted by Gasteiger charge is -2.09. The summed E-state index contributed by atoms with van der Waals surface area (Å²) in [6, 6.07) is 6.24. The number of thiol groups is 1. The third kappa shape index (κ3) is 4.00. The van der Waals surface area contributed by atoms with Crippen molar-refractivity contribution in [2.75, 3.05) is 20.2 Å². The maximum atomic E-state index is 9.89. The fourth-order valence-electron chi connectivity index (χ4n) is 2.34. The zero-order valence-corrected chi connectivity index (χ0v) is 15.3. The highest BCUT2D eigenvalue weighted by Gasteiger charge is 2.18. The predicted octanol–water partition coefficient (Wildman–Crippen LogP) is 3.81. The van der Waals surface area contributed by atoms with E-state index in [1.165, 1.54) is 13.2 Å². The van der Waals surface area contributed by atoms with Gasteiger partial charge in [0.25, 0.3) is 0 Å². The molecule has 0 amide bonds. The summed E-state index contributed by atoms with van der Waals surface area (Å²) in [6.45, 7) is 4.01. The lowest BCUT2D eigenvalue weighted by Crippen LogP contribution is -1.93. The minimum absolute atomic E-state index is 0.000732. The number of rotatable bonds is 4. The van der Waals surface area contributed by atoms with Gasteiger partial charge in [-0.1, -0.05) is 18.7 Å². The molecule has 0 aromatic heterocycles. The van der Waals surface area contributed by atoms with E-state index in [0.29, 0.717) is 28.2 Å². The standard InChI is InChI=1S/C18H16O6.CH4S/c1-10(12-7-13(19)17(21)15(8-12)22-2)3-4-11-5-14(20)18-16(6-11)23-9-24-18;1-2/h3-8,19-21H,1,9H2,2H3;2H,1H3/b4-3+;. The summed E-state index contributed by atoms with van der Waals surface area (Å²) in [7, 11) is 1.40. The number of fused-ring (bicyclic) bond motifs is 1. The van der Waals surface area contributed by atoms with Gasteiger partial charge < -0.3 is 29.5 Å². The molecule has 0 aliphatic carbocycles. The molecule has 2 aromatic rings. The van der Waals surface area contributed by atoms with Crippen molar-refractivity contribution in [3.63, 3.8) is 0 Å². The van der Waals surface area contributed by atoms with Gasteiger partial charge in [0.2, 0.25) is 18.3 Å². The van der Waals surface area contributed by atoms with Crippen LogP contribution in [0.1, 0.15) is 11.1 Å². The lowest BCUT2D eigenvalue weighted by atomic mass is 10.0. The van der Waals surface area contributed by atoms with Gasteiger partial charge in [0, 0.05) is 0 Å². The molecule has 1 aliphatic rings. The van der Waals surface area contributed by atoms with Gasteiger partial charge in [0.05, 0.1) is 7.11 Å². The minimum Gasteiger partial charge on any atom is -0.504 e. The molecule has 0 radical (unpaired) electrons. The second kappa shape index (κ2) is 8.44. The van der Waals surface area contributed by atoms with Gasteiger partial charge in [-0.2, -0.15) is 12.6 Å². The van der Waals surface area contributed by atoms with E-state index in [1.54, 1.807) is 36.6 Å². The second-order valence-corrected chi connectivity index (χ2v) is 5.18. The molecule has 0 bridgehead atoms. The van der Waals surface area contributed by atoms with Crippen LogP contribution in [0.3, 0.4) is 0 Å². The summed E-state index contributed by atoms with van der Waals surface area (Å²) in [5.74, 6) is 0.348. The monoisotopic (exact) mass is 376 g/mol. The van der Waals surface area contributed by atoms with Crippen LogP contribution in [0, 0.1) is 0 Å². The summed E-state index contributed by atoms with van der Waals surface area (Å²) in [4.78, 5) is 0. The number of allylic oxidation sites excluding steroid dienone is 2. The molecular weight excluding hydrogens is 356 g/mol. The number of phenolic OH excluding ortho intramolecular Hbond substituents is 3. The molecular formula is C19H20O6S. The molecule has 7 heteroatoms. The Morgan fingerprint density at radius 3 is 2.54 bits per heavy atom. The average molecular weight is 376 g/mol. The molecule has 0 fully saturated rings. The lowest BCUT2D eigenvalue weighted by molar-refractivity contribution is 0.171. The third-order valence-electron chi connectivity index (χ3n) is 3.60. The molecule has 3 N–H and O–H groups in total. The van der Waals surface area contributed by atoms with Gasteiger partial charge in [-0.3, -0.25) is 0 Å². The van der Waals surface area contributed by atoms with Gasteiger partial charge in [-0.15, -0.1) is 0 Å². The van der Waals surface area contributed by atoms with Crippen LogP contribution < -0.4 is 14.2 Å². The molecule has 0 saturated carbocycles. The van der Waals surface area contributed by atoms with E-state index in [4.69, 9.17) is 14.2 Å². The van der Waals surface area contributed by atoms with E-state index in [2.05, 4.69) is 19.2 Å². The van der Waals surface area contributed by atoms with Crippen LogP contribution in [0.2, 0.25) is 0 Å². The molecule has 0 saturated heterocycles. The Labute approximate surface area is 157 Å². The first-order valence-electron chi connectivity index (χ1n) is 7.54. The molecule has 26 heavy (non-hydrogen) atoms. The fourth-order valence-corrected chi connectivity index (χ4v) is 2.34. The summed E-state index contributed by atoms with van der Waals surface area (Å²) < 4.78 is 15.4. The van der Waals surface area contributed by atoms with Gasteiger partial charge in [-0.25, -0.2) is 0 Å². The predicted molar refractivity (Wildman–Crippen MR) is 104 cm³/mol. The number of hydrogen-bond donors (Lipinski definition) is 4. The molecule has 0 atom stereocenters. The second-order valence-electron chi connectivity index (χ2n) is 5.18. The smallest absolute Gasteiger partial charge is 0.231 e. The van der Waals surface area contributed by atoms with Crippen molar-refractivity contribution in [3.05, 3.63) is 48.0 Å². The van der Waals surface area contributed by atoms with Crippen LogP contribution in [0.4, 0.5) is 0 Å². The van der Waals surface area contributed by atoms with Crippen molar-refractivity contribution in [1.82, 2.24) is 0 Å². The Morgan fingerprint density at radius 2 is 1.85 bits per heavy atom. The fraction of sp³-hybridized carbons (Fsp3) is 0.158. The van der Waals surface area contributed by atoms with Gasteiger partial charge in [0.1, 0.15) is 0 Å². The van der Waals surface area contributed by atoms with Crippen molar-refractivity contribution >= 4 is 24.3 Å². The molecule has 3 rings (SSSR count). The first-order chi connectivity index (χ1) is 12.5. The van der Waals surface area contributed by atoms with E-state index in [-0.39, 0.29) is 29.8 Å². The molecule has 138 valence electrons. The SMILES string of the molecule is C=C(/C=C/c1cc(O)c2c(c1)OCO2)c1cc(O)c(O)c(OC)c1.CS. The van der Waals surface area contributed by atoms with E-state index in [9.17, 15) is 15.3 Å². The highest BCUT2D eigenvalue weighted by molar-refractivity contribution is 7.79. The topological polar surface area (TPSA) is 88.4 Å². The maximum absolute atomic E-state index is 9.89. The summed E-state index contributed by atoms with van der Waals surface area (Å²) in [5.41, 5.74) is 1.87. The van der Waals surface area contributed by atoms with E-state index < -0.39 is 0 Å². The zero-order valence-electron chi connectivity index (χ0n) is 14.4. The Bertz CT molecular complexity index is 844. The Kier molecular flexibility index (Phi) is 6.30. The number of ether oxygens (including phenoxy) is 3. The van der Waals surface area contributed by atoms with Crippen LogP contribution in [-0.2, 0) is 0 Å². The Balaban J connectivity index is 0.00000117. The van der Waals surface area contributed by atoms with Crippen LogP contribution in [-0.4, -0.2) is 35.5 Å². The first kappa shape index (κ1) is 19.4. The molecule has 1 aliphatic heterocycles. The maximum Gasteiger partial charge on any atom is 0.231 e.